The number of likely N-dealkylation sites (N-methyl/N-ethyl adjacent to an activating group) is 1. The predicted octanol–water partition coefficient (Wildman–Crippen LogP) is 1.83. The molecule has 1 heterocycles. The number of halogens is 1. The number of nitrogens with one attached hydrogen (secondary N) is 1. The van der Waals surface area contributed by atoms with Crippen molar-refractivity contribution in [2.45, 2.75) is 13.5 Å². The van der Waals surface area contributed by atoms with Gasteiger partial charge in [0.1, 0.15) is 6.54 Å². The number of rotatable bonds is 6. The molecular weight excluding hydrogens is 358 g/mol. The van der Waals surface area contributed by atoms with E-state index in [2.05, 4.69) is 43.5 Å². The highest BCUT2D eigenvalue weighted by molar-refractivity contribution is 9.10. The van der Waals surface area contributed by atoms with E-state index >= 15 is 0 Å². The first kappa shape index (κ1) is 19.3. The van der Waals surface area contributed by atoms with Gasteiger partial charge in [-0.2, -0.15) is 0 Å². The lowest BCUT2D eigenvalue weighted by atomic mass is 10.3. The Morgan fingerprint density at radius 3 is 2.57 bits per heavy atom. The molecule has 128 valence electrons. The van der Waals surface area contributed by atoms with Gasteiger partial charge < -0.3 is 19.7 Å². The van der Waals surface area contributed by atoms with Crippen LogP contribution in [0.4, 0.5) is 0 Å². The average Bonchev–Trinajstić information content (AvgIpc) is 2.75. The van der Waals surface area contributed by atoms with Crippen LogP contribution in [0.15, 0.2) is 33.9 Å². The molecule has 0 unspecified atom stereocenters. The number of aryl methyl sites for hydroxylation is 1. The van der Waals surface area contributed by atoms with Gasteiger partial charge in [-0.05, 0) is 28.9 Å². The third-order valence-electron chi connectivity index (χ3n) is 3.25. The van der Waals surface area contributed by atoms with Crippen molar-refractivity contribution >= 4 is 27.8 Å². The van der Waals surface area contributed by atoms with Gasteiger partial charge in [-0.1, -0.05) is 12.2 Å². The second kappa shape index (κ2) is 8.76. The van der Waals surface area contributed by atoms with Gasteiger partial charge in [-0.25, -0.2) is 4.99 Å². The fourth-order valence-electron chi connectivity index (χ4n) is 1.87. The maximum absolute atomic E-state index is 11.8. The highest BCUT2D eigenvalue weighted by atomic mass is 79.9. The molecule has 0 spiro atoms. The predicted molar refractivity (Wildman–Crippen MR) is 98.4 cm³/mol. The first-order valence-electron chi connectivity index (χ1n) is 7.35. The molecule has 7 heteroatoms. The van der Waals surface area contributed by atoms with Crippen LogP contribution in [-0.4, -0.2) is 60.5 Å². The lowest BCUT2D eigenvalue weighted by Crippen LogP contribution is -2.40. The largest absolute Gasteiger partial charge is 0.353 e. The Hall–Kier alpha value is -1.76. The molecule has 1 amide bonds. The van der Waals surface area contributed by atoms with Crippen molar-refractivity contribution in [1.82, 2.24) is 19.7 Å². The molecule has 0 saturated heterocycles. The smallest absolute Gasteiger partial charge is 0.243 e. The molecular formula is C16H26BrN5O. The minimum Gasteiger partial charge on any atom is -0.353 e. The number of carbonyl (C=O) groups is 1. The van der Waals surface area contributed by atoms with E-state index in [4.69, 9.17) is 0 Å². The number of carbonyl (C=O) groups excluding carboxylic acids is 1. The number of hydrogen-bond acceptors (Lipinski definition) is 2. The number of aliphatic imine (C=N–C) groups is 1. The molecule has 0 atom stereocenters. The topological polar surface area (TPSA) is 52.9 Å². The third kappa shape index (κ3) is 6.48. The van der Waals surface area contributed by atoms with Crippen LogP contribution in [0.1, 0.15) is 12.6 Å². The lowest BCUT2D eigenvalue weighted by Gasteiger charge is -2.23. The maximum Gasteiger partial charge on any atom is 0.243 e. The molecule has 23 heavy (non-hydrogen) atoms. The zero-order chi connectivity index (χ0) is 17.6. The van der Waals surface area contributed by atoms with E-state index in [1.54, 1.807) is 14.1 Å². The van der Waals surface area contributed by atoms with Crippen molar-refractivity contribution in [2.75, 3.05) is 34.2 Å². The fourth-order valence-corrected chi connectivity index (χ4v) is 2.44. The van der Waals surface area contributed by atoms with Crippen molar-refractivity contribution in [3.8, 4) is 0 Å². The highest BCUT2D eigenvalue weighted by Gasteiger charge is 2.11. The summed E-state index contributed by atoms with van der Waals surface area (Å²) in [5, 5.41) is 3.24. The van der Waals surface area contributed by atoms with Crippen LogP contribution in [0, 0.1) is 0 Å². The summed E-state index contributed by atoms with van der Waals surface area (Å²) in [6.07, 6.45) is 2.01. The molecule has 0 aliphatic carbocycles. The van der Waals surface area contributed by atoms with Crippen molar-refractivity contribution in [3.05, 3.63) is 34.6 Å². The van der Waals surface area contributed by atoms with Gasteiger partial charge in [-0.3, -0.25) is 4.79 Å². The van der Waals surface area contributed by atoms with Gasteiger partial charge >= 0.3 is 0 Å². The standard InChI is InChI=1S/C16H26BrN5O/c1-12(2)8-18-16(19-9-15(23)20(3)4)22(6)11-14-7-13(17)10-21(14)5/h7,10H,1,8-9,11H2,2-6H3,(H,18,19). The third-order valence-corrected chi connectivity index (χ3v) is 3.68. The molecule has 1 aromatic heterocycles. The summed E-state index contributed by atoms with van der Waals surface area (Å²) in [7, 11) is 7.40. The summed E-state index contributed by atoms with van der Waals surface area (Å²) in [5.41, 5.74) is 2.15. The second-order valence-electron chi connectivity index (χ2n) is 5.86. The van der Waals surface area contributed by atoms with Crippen LogP contribution in [0.2, 0.25) is 0 Å². The van der Waals surface area contributed by atoms with Crippen LogP contribution in [0.5, 0.6) is 0 Å². The molecule has 0 fully saturated rings. The normalized spacial score (nSPS) is 11.3. The summed E-state index contributed by atoms with van der Waals surface area (Å²) in [4.78, 5) is 19.7. The number of guanidine groups is 1. The summed E-state index contributed by atoms with van der Waals surface area (Å²) >= 11 is 3.48. The summed E-state index contributed by atoms with van der Waals surface area (Å²) in [6, 6.07) is 2.07. The van der Waals surface area contributed by atoms with E-state index in [-0.39, 0.29) is 12.5 Å². The molecule has 6 nitrogen and oxygen atoms in total. The van der Waals surface area contributed by atoms with E-state index < -0.39 is 0 Å². The quantitative estimate of drug-likeness (QED) is 0.463. The first-order chi connectivity index (χ1) is 10.7. The number of hydrogen-bond donors (Lipinski definition) is 1. The van der Waals surface area contributed by atoms with Crippen LogP contribution >= 0.6 is 15.9 Å². The van der Waals surface area contributed by atoms with E-state index in [1.807, 2.05) is 32.1 Å². The first-order valence-corrected chi connectivity index (χ1v) is 8.14. The van der Waals surface area contributed by atoms with E-state index in [0.717, 1.165) is 15.7 Å². The molecule has 1 aromatic rings. The van der Waals surface area contributed by atoms with Gasteiger partial charge in [0.2, 0.25) is 5.91 Å². The molecule has 0 aromatic carbocycles. The molecule has 0 saturated carbocycles. The molecule has 0 radical (unpaired) electrons. The molecule has 0 bridgehead atoms. The number of nitrogens with zero attached hydrogens (tertiary/aromatic N) is 4. The van der Waals surface area contributed by atoms with Crippen molar-refractivity contribution in [2.24, 2.45) is 12.0 Å². The van der Waals surface area contributed by atoms with Crippen molar-refractivity contribution < 1.29 is 4.79 Å². The minimum absolute atomic E-state index is 0.0327. The Morgan fingerprint density at radius 1 is 1.43 bits per heavy atom. The van der Waals surface area contributed by atoms with Gasteiger partial charge in [0.05, 0.1) is 6.54 Å². The Kier molecular flexibility index (Phi) is 7.35. The van der Waals surface area contributed by atoms with Crippen molar-refractivity contribution in [1.29, 1.82) is 0 Å². The zero-order valence-electron chi connectivity index (χ0n) is 14.6. The van der Waals surface area contributed by atoms with Crippen LogP contribution in [0.25, 0.3) is 0 Å². The van der Waals surface area contributed by atoms with E-state index in [9.17, 15) is 4.79 Å². The lowest BCUT2D eigenvalue weighted by molar-refractivity contribution is -0.127. The van der Waals surface area contributed by atoms with Crippen molar-refractivity contribution in [3.63, 3.8) is 0 Å². The Morgan fingerprint density at radius 2 is 2.09 bits per heavy atom. The minimum atomic E-state index is -0.0327. The van der Waals surface area contributed by atoms with Gasteiger partial charge in [-0.15, -0.1) is 0 Å². The van der Waals surface area contributed by atoms with Crippen LogP contribution in [-0.2, 0) is 18.4 Å². The average molecular weight is 384 g/mol. The molecule has 1 N–H and O–H groups in total. The highest BCUT2D eigenvalue weighted by Crippen LogP contribution is 2.15. The Bertz CT molecular complexity index is 591. The van der Waals surface area contributed by atoms with Gasteiger partial charge in [0.25, 0.3) is 0 Å². The fraction of sp³-hybridized carbons (Fsp3) is 0.500. The summed E-state index contributed by atoms with van der Waals surface area (Å²) < 4.78 is 3.10. The second-order valence-corrected chi connectivity index (χ2v) is 6.77. The summed E-state index contributed by atoms with van der Waals surface area (Å²) in [5.74, 6) is 0.648. The number of amides is 1. The van der Waals surface area contributed by atoms with Crippen LogP contribution in [0.3, 0.4) is 0 Å². The van der Waals surface area contributed by atoms with Crippen LogP contribution < -0.4 is 5.32 Å². The maximum atomic E-state index is 11.8. The molecule has 1 rings (SSSR count). The zero-order valence-corrected chi connectivity index (χ0v) is 16.1. The number of aromatic nitrogens is 1. The molecule has 0 aliphatic heterocycles. The Balaban J connectivity index is 2.84. The Labute approximate surface area is 147 Å². The summed E-state index contributed by atoms with van der Waals surface area (Å²) in [6.45, 7) is 7.26. The monoisotopic (exact) mass is 383 g/mol. The van der Waals surface area contributed by atoms with Gasteiger partial charge in [0, 0.05) is 51.1 Å². The van der Waals surface area contributed by atoms with E-state index in [1.165, 1.54) is 4.90 Å². The molecule has 0 aliphatic rings. The van der Waals surface area contributed by atoms with Gasteiger partial charge in [0.15, 0.2) is 5.96 Å². The SMILES string of the molecule is C=C(C)CNC(=NCC(=O)N(C)C)N(C)Cc1cc(Br)cn1C. The van der Waals surface area contributed by atoms with E-state index in [0.29, 0.717) is 19.0 Å².